The Balaban J connectivity index is 1.82. The van der Waals surface area contributed by atoms with Crippen LogP contribution >= 0.6 is 0 Å². The first-order chi connectivity index (χ1) is 31.0. The SMILES string of the molecule is CCCCCCC/C=C/CCCCCCCC(=O)O[C@H](COC(=O)CCCCCCCCCCCCCCCC)CO[C@@H]1O[C@H](CO[C@@H]2O[C@H](CO)[C@H](O)C(O)C2O)[C@H](O)C(O)C1O. The predicted octanol–water partition coefficient (Wildman–Crippen LogP) is 6.60. The minimum Gasteiger partial charge on any atom is -0.462 e. The quantitative estimate of drug-likeness (QED) is 0.0196. The van der Waals surface area contributed by atoms with Gasteiger partial charge in [0.05, 0.1) is 19.8 Å². The average molecular weight is 919 g/mol. The number of hydrogen-bond acceptors (Lipinski definition) is 15. The minimum atomic E-state index is -1.76. The fraction of sp³-hybridized carbons (Fsp3) is 0.918. The Morgan fingerprint density at radius 2 is 0.891 bits per heavy atom. The lowest BCUT2D eigenvalue weighted by Gasteiger charge is -2.42. The van der Waals surface area contributed by atoms with Crippen LogP contribution in [0.2, 0.25) is 0 Å². The summed E-state index contributed by atoms with van der Waals surface area (Å²) in [6, 6.07) is 0. The molecule has 2 heterocycles. The summed E-state index contributed by atoms with van der Waals surface area (Å²) in [6.07, 6.45) is 18.1. The summed E-state index contributed by atoms with van der Waals surface area (Å²) in [7, 11) is 0. The third-order valence-electron chi connectivity index (χ3n) is 12.2. The number of ether oxygens (including phenoxy) is 6. The van der Waals surface area contributed by atoms with E-state index in [1.54, 1.807) is 0 Å². The van der Waals surface area contributed by atoms with Crippen LogP contribution in [0.5, 0.6) is 0 Å². The number of hydrogen-bond donors (Lipinski definition) is 7. The number of carbonyl (C=O) groups excluding carboxylic acids is 2. The summed E-state index contributed by atoms with van der Waals surface area (Å²) in [5, 5.41) is 72.0. The molecule has 0 amide bonds. The fourth-order valence-corrected chi connectivity index (χ4v) is 8.04. The molecular formula is C49H90O15. The molecule has 0 aromatic heterocycles. The molecule has 64 heavy (non-hydrogen) atoms. The van der Waals surface area contributed by atoms with E-state index in [1.165, 1.54) is 96.3 Å². The van der Waals surface area contributed by atoms with Gasteiger partial charge in [-0.2, -0.15) is 0 Å². The van der Waals surface area contributed by atoms with E-state index >= 15 is 0 Å². The minimum absolute atomic E-state index is 0.159. The third-order valence-corrected chi connectivity index (χ3v) is 12.2. The van der Waals surface area contributed by atoms with E-state index in [0.29, 0.717) is 12.8 Å². The summed E-state index contributed by atoms with van der Waals surface area (Å²) in [4.78, 5) is 25.7. The molecule has 7 N–H and O–H groups in total. The lowest BCUT2D eigenvalue weighted by molar-refractivity contribution is -0.332. The van der Waals surface area contributed by atoms with Crippen molar-refractivity contribution in [1.82, 2.24) is 0 Å². The van der Waals surface area contributed by atoms with Crippen LogP contribution in [0.25, 0.3) is 0 Å². The Labute approximate surface area is 384 Å². The number of esters is 2. The highest BCUT2D eigenvalue weighted by Gasteiger charge is 2.47. The summed E-state index contributed by atoms with van der Waals surface area (Å²) >= 11 is 0. The van der Waals surface area contributed by atoms with Crippen LogP contribution < -0.4 is 0 Å². The number of rotatable bonds is 39. The van der Waals surface area contributed by atoms with Gasteiger partial charge in [0.1, 0.15) is 55.4 Å². The molecule has 0 bridgehead atoms. The highest BCUT2D eigenvalue weighted by Crippen LogP contribution is 2.26. The summed E-state index contributed by atoms with van der Waals surface area (Å²) in [5.74, 6) is -0.926. The first kappa shape index (κ1) is 58.4. The Morgan fingerprint density at radius 1 is 0.484 bits per heavy atom. The summed E-state index contributed by atoms with van der Waals surface area (Å²) in [6.45, 7) is 2.58. The summed E-state index contributed by atoms with van der Waals surface area (Å²) in [5.41, 5.74) is 0. The maximum absolute atomic E-state index is 13.0. The molecule has 0 spiro atoms. The van der Waals surface area contributed by atoms with Gasteiger partial charge in [0.15, 0.2) is 18.7 Å². The molecule has 2 saturated heterocycles. The van der Waals surface area contributed by atoms with Crippen LogP contribution in [0.1, 0.15) is 194 Å². The van der Waals surface area contributed by atoms with Gasteiger partial charge < -0.3 is 64.2 Å². The lowest BCUT2D eigenvalue weighted by Crippen LogP contribution is -2.61. The molecule has 2 aliphatic rings. The number of allylic oxidation sites excluding steroid dienone is 2. The van der Waals surface area contributed by atoms with Gasteiger partial charge in [0.25, 0.3) is 0 Å². The molecule has 376 valence electrons. The van der Waals surface area contributed by atoms with Crippen LogP contribution in [0, 0.1) is 0 Å². The lowest BCUT2D eigenvalue weighted by atomic mass is 9.98. The molecule has 0 saturated carbocycles. The Bertz CT molecular complexity index is 1170. The molecule has 2 aliphatic heterocycles. The largest absolute Gasteiger partial charge is 0.462 e. The maximum Gasteiger partial charge on any atom is 0.306 e. The number of carbonyl (C=O) groups is 2. The molecule has 2 rings (SSSR count). The zero-order valence-electron chi connectivity index (χ0n) is 39.5. The van der Waals surface area contributed by atoms with E-state index in [1.807, 2.05) is 0 Å². The highest BCUT2D eigenvalue weighted by molar-refractivity contribution is 5.70. The third kappa shape index (κ3) is 25.4. The van der Waals surface area contributed by atoms with E-state index in [0.717, 1.165) is 57.8 Å². The zero-order chi connectivity index (χ0) is 46.8. The molecule has 15 heteroatoms. The molecule has 0 aliphatic carbocycles. The van der Waals surface area contributed by atoms with Crippen LogP contribution in [-0.2, 0) is 38.0 Å². The normalized spacial score (nSPS) is 26.6. The van der Waals surface area contributed by atoms with Crippen molar-refractivity contribution in [1.29, 1.82) is 0 Å². The van der Waals surface area contributed by atoms with Gasteiger partial charge in [-0.1, -0.05) is 154 Å². The molecular weight excluding hydrogens is 829 g/mol. The molecule has 11 atom stereocenters. The van der Waals surface area contributed by atoms with Crippen molar-refractivity contribution < 1.29 is 73.8 Å². The Morgan fingerprint density at radius 3 is 1.38 bits per heavy atom. The van der Waals surface area contributed by atoms with Crippen molar-refractivity contribution in [3.8, 4) is 0 Å². The Hall–Kier alpha value is -1.76. The van der Waals surface area contributed by atoms with E-state index in [9.17, 15) is 45.3 Å². The standard InChI is InChI=1S/C49H90O15/c1-3-5-7-9-11-13-15-17-19-21-23-25-27-29-31-40(51)59-34-37(62-41(52)32-30-28-26-24-22-20-18-16-14-12-10-8-6-4-2)35-60-48-47(58)45(56)43(54)39(64-48)36-61-49-46(57)44(55)42(53)38(33-50)63-49/h16,18,37-39,42-50,53-58H,3-15,17,19-36H2,1-2H3/b18-16+/t37-,38-,39-,42+,43+,44?,45?,46?,47?,48-,49-/m1/s1. The molecule has 4 unspecified atom stereocenters. The van der Waals surface area contributed by atoms with Crippen molar-refractivity contribution in [2.45, 2.75) is 261 Å². The van der Waals surface area contributed by atoms with Crippen molar-refractivity contribution in [3.63, 3.8) is 0 Å². The van der Waals surface area contributed by atoms with E-state index < -0.39 is 92.7 Å². The van der Waals surface area contributed by atoms with Crippen LogP contribution in [-0.4, -0.2) is 142 Å². The van der Waals surface area contributed by atoms with Gasteiger partial charge >= 0.3 is 11.9 Å². The second kappa shape index (κ2) is 37.2. The van der Waals surface area contributed by atoms with E-state index in [4.69, 9.17) is 28.4 Å². The van der Waals surface area contributed by atoms with E-state index in [2.05, 4.69) is 26.0 Å². The number of aliphatic hydroxyl groups excluding tert-OH is 7. The molecule has 0 radical (unpaired) electrons. The number of unbranched alkanes of at least 4 members (excludes halogenated alkanes) is 23. The first-order valence-electron chi connectivity index (χ1n) is 25.3. The first-order valence-corrected chi connectivity index (χ1v) is 25.3. The smallest absolute Gasteiger partial charge is 0.306 e. The second-order valence-electron chi connectivity index (χ2n) is 18.0. The maximum atomic E-state index is 13.0. The topological polar surface area (TPSA) is 231 Å². The predicted molar refractivity (Wildman–Crippen MR) is 243 cm³/mol. The van der Waals surface area contributed by atoms with Crippen LogP contribution in [0.3, 0.4) is 0 Å². The van der Waals surface area contributed by atoms with Gasteiger partial charge in [0, 0.05) is 12.8 Å². The van der Waals surface area contributed by atoms with Gasteiger partial charge in [-0.05, 0) is 38.5 Å². The average Bonchev–Trinajstić information content (AvgIpc) is 3.29. The fourth-order valence-electron chi connectivity index (χ4n) is 8.04. The Kier molecular flexibility index (Phi) is 34.0. The van der Waals surface area contributed by atoms with Gasteiger partial charge in [-0.15, -0.1) is 0 Å². The molecule has 2 fully saturated rings. The molecule has 0 aromatic carbocycles. The van der Waals surface area contributed by atoms with Crippen molar-refractivity contribution in [3.05, 3.63) is 12.2 Å². The molecule has 15 nitrogen and oxygen atoms in total. The van der Waals surface area contributed by atoms with E-state index in [-0.39, 0.29) is 26.1 Å². The van der Waals surface area contributed by atoms with Crippen molar-refractivity contribution >= 4 is 11.9 Å². The monoisotopic (exact) mass is 919 g/mol. The van der Waals surface area contributed by atoms with Crippen molar-refractivity contribution in [2.75, 3.05) is 26.4 Å². The van der Waals surface area contributed by atoms with Crippen molar-refractivity contribution in [2.24, 2.45) is 0 Å². The van der Waals surface area contributed by atoms with Crippen LogP contribution in [0.4, 0.5) is 0 Å². The summed E-state index contributed by atoms with van der Waals surface area (Å²) < 4.78 is 33.5. The van der Waals surface area contributed by atoms with Gasteiger partial charge in [-0.3, -0.25) is 9.59 Å². The zero-order valence-corrected chi connectivity index (χ0v) is 39.5. The highest BCUT2D eigenvalue weighted by atomic mass is 16.7. The number of aliphatic hydroxyl groups is 7. The molecule has 0 aromatic rings. The second-order valence-corrected chi connectivity index (χ2v) is 18.0. The van der Waals surface area contributed by atoms with Crippen LogP contribution in [0.15, 0.2) is 12.2 Å². The van der Waals surface area contributed by atoms with Gasteiger partial charge in [-0.25, -0.2) is 0 Å². The van der Waals surface area contributed by atoms with Gasteiger partial charge in [0.2, 0.25) is 0 Å².